The Morgan fingerprint density at radius 3 is 1.35 bits per heavy atom. The fraction of sp³-hybridized carbons (Fsp3) is 0. The Balaban J connectivity index is 1.07. The average Bonchev–Trinajstić information content (AvgIpc) is 4.02. The van der Waals surface area contributed by atoms with Crippen LogP contribution in [-0.2, 0) is 0 Å². The van der Waals surface area contributed by atoms with Gasteiger partial charge in [0.1, 0.15) is 0 Å². The van der Waals surface area contributed by atoms with Crippen LogP contribution in [0.2, 0.25) is 0 Å². The maximum atomic E-state index is 5.41. The fourth-order valence-electron chi connectivity index (χ4n) is 9.00. The summed E-state index contributed by atoms with van der Waals surface area (Å²) in [4.78, 5) is 31.3. The maximum Gasteiger partial charge on any atom is 0.240 e. The number of hydrogen-bond donors (Lipinski definition) is 0. The number of para-hydroxylation sites is 3. The fourth-order valence-corrected chi connectivity index (χ4v) is 10.2. The van der Waals surface area contributed by atoms with Crippen LogP contribution < -0.4 is 0 Å². The first-order chi connectivity index (χ1) is 31.2. The van der Waals surface area contributed by atoms with E-state index in [2.05, 4.69) is 143 Å². The Bertz CT molecular complexity index is 3820. The van der Waals surface area contributed by atoms with E-state index >= 15 is 0 Å². The minimum atomic E-state index is 0.520. The minimum absolute atomic E-state index is 0.520. The third kappa shape index (κ3) is 5.67. The molecule has 0 saturated heterocycles. The monoisotopic (exact) mass is 824 g/mol. The second-order valence-corrected chi connectivity index (χ2v) is 16.6. The molecule has 0 amide bonds. The van der Waals surface area contributed by atoms with Crippen LogP contribution in [0.25, 0.3) is 121 Å². The number of aromatic nitrogens is 8. The van der Waals surface area contributed by atoms with Crippen LogP contribution in [0.1, 0.15) is 0 Å². The molecule has 8 aromatic carbocycles. The highest BCUT2D eigenvalue weighted by atomic mass is 32.1. The molecule has 0 N–H and O–H groups in total. The van der Waals surface area contributed by atoms with E-state index in [0.717, 1.165) is 70.6 Å². The molecule has 13 aromatic rings. The highest BCUT2D eigenvalue weighted by Crippen LogP contribution is 2.41. The van der Waals surface area contributed by atoms with Crippen LogP contribution in [-0.4, -0.2) is 39.0 Å². The van der Waals surface area contributed by atoms with Gasteiger partial charge in [0, 0.05) is 64.0 Å². The molecule has 0 unspecified atom stereocenters. The summed E-state index contributed by atoms with van der Waals surface area (Å²) in [7, 11) is 0. The number of nitrogens with zero attached hydrogens (tertiary/aromatic N) is 8. The molecular weight excluding hydrogens is 793 g/mol. The van der Waals surface area contributed by atoms with E-state index in [1.54, 1.807) is 11.3 Å². The normalized spacial score (nSPS) is 11.8. The summed E-state index contributed by atoms with van der Waals surface area (Å²) >= 11 is 1.77. The van der Waals surface area contributed by atoms with Crippen LogP contribution >= 0.6 is 11.3 Å². The van der Waals surface area contributed by atoms with Gasteiger partial charge in [-0.1, -0.05) is 146 Å². The first-order valence-electron chi connectivity index (χ1n) is 20.8. The Labute approximate surface area is 364 Å². The molecule has 0 fully saturated rings. The molecule has 0 saturated carbocycles. The van der Waals surface area contributed by atoms with Crippen molar-refractivity contribution in [3.63, 3.8) is 0 Å². The van der Waals surface area contributed by atoms with E-state index < -0.39 is 0 Å². The maximum absolute atomic E-state index is 5.41. The molecule has 0 aliphatic carbocycles. The molecule has 8 nitrogen and oxygen atoms in total. The Morgan fingerprint density at radius 2 is 0.762 bits per heavy atom. The summed E-state index contributed by atoms with van der Waals surface area (Å²) in [6.45, 7) is 0. The van der Waals surface area contributed by atoms with Crippen LogP contribution in [0.5, 0.6) is 0 Å². The Kier molecular flexibility index (Phi) is 7.91. The van der Waals surface area contributed by atoms with Crippen molar-refractivity contribution in [1.82, 2.24) is 39.0 Å². The van der Waals surface area contributed by atoms with Gasteiger partial charge in [-0.3, -0.25) is 9.13 Å². The van der Waals surface area contributed by atoms with Crippen molar-refractivity contribution in [2.24, 2.45) is 0 Å². The lowest BCUT2D eigenvalue weighted by Crippen LogP contribution is -2.10. The molecule has 294 valence electrons. The lowest BCUT2D eigenvalue weighted by molar-refractivity contribution is 0.893. The molecule has 0 atom stereocenters. The van der Waals surface area contributed by atoms with Crippen LogP contribution in [0.3, 0.4) is 0 Å². The second kappa shape index (κ2) is 14.1. The SMILES string of the molecule is c1ccc(-c2nc(-c3ccccc3)nc(-c3ccc4c(c3)c3ccccc3n4-c3nc(-c4cccc5c4sc4ccccc45)nc(-n4c5ccccc5c5ccccc54)n3)n2)cc1. The summed E-state index contributed by atoms with van der Waals surface area (Å²) in [6.07, 6.45) is 0. The van der Waals surface area contributed by atoms with Crippen molar-refractivity contribution in [2.75, 3.05) is 0 Å². The smallest absolute Gasteiger partial charge is 0.240 e. The number of benzene rings is 8. The van der Waals surface area contributed by atoms with E-state index in [1.165, 1.54) is 15.5 Å². The quantitative estimate of drug-likeness (QED) is 0.166. The molecule has 9 heteroatoms. The topological polar surface area (TPSA) is 87.2 Å². The van der Waals surface area contributed by atoms with E-state index in [9.17, 15) is 0 Å². The highest BCUT2D eigenvalue weighted by Gasteiger charge is 2.23. The first-order valence-corrected chi connectivity index (χ1v) is 21.6. The van der Waals surface area contributed by atoms with Gasteiger partial charge in [0.25, 0.3) is 0 Å². The Morgan fingerprint density at radius 1 is 0.302 bits per heavy atom. The van der Waals surface area contributed by atoms with Crippen molar-refractivity contribution < 1.29 is 0 Å². The van der Waals surface area contributed by atoms with E-state index in [4.69, 9.17) is 29.9 Å². The zero-order chi connectivity index (χ0) is 41.4. The summed E-state index contributed by atoms with van der Waals surface area (Å²) in [5.74, 6) is 3.49. The zero-order valence-corrected chi connectivity index (χ0v) is 34.3. The summed E-state index contributed by atoms with van der Waals surface area (Å²) in [6, 6.07) is 66.9. The van der Waals surface area contributed by atoms with Crippen molar-refractivity contribution in [2.45, 2.75) is 0 Å². The van der Waals surface area contributed by atoms with Gasteiger partial charge in [-0.25, -0.2) is 15.0 Å². The minimum Gasteiger partial charge on any atom is -0.278 e. The van der Waals surface area contributed by atoms with E-state index in [0.29, 0.717) is 35.2 Å². The number of fused-ring (bicyclic) bond motifs is 9. The van der Waals surface area contributed by atoms with E-state index in [-0.39, 0.29) is 0 Å². The van der Waals surface area contributed by atoms with Gasteiger partial charge in [0.05, 0.1) is 22.1 Å². The molecule has 0 aliphatic rings. The molecule has 0 bridgehead atoms. The van der Waals surface area contributed by atoms with Gasteiger partial charge in [-0.15, -0.1) is 11.3 Å². The Hall–Kier alpha value is -8.40. The molecule has 5 aromatic heterocycles. The second-order valence-electron chi connectivity index (χ2n) is 15.5. The third-order valence-corrected chi connectivity index (χ3v) is 13.1. The van der Waals surface area contributed by atoms with Crippen molar-refractivity contribution in [1.29, 1.82) is 0 Å². The van der Waals surface area contributed by atoms with Crippen LogP contribution in [0, 0.1) is 0 Å². The molecule has 5 heterocycles. The lowest BCUT2D eigenvalue weighted by atomic mass is 10.1. The number of thiophene rings is 1. The predicted molar refractivity (Wildman–Crippen MR) is 257 cm³/mol. The van der Waals surface area contributed by atoms with Gasteiger partial charge in [0.15, 0.2) is 23.3 Å². The molecule has 13 rings (SSSR count). The number of hydrogen-bond acceptors (Lipinski definition) is 7. The zero-order valence-electron chi connectivity index (χ0n) is 33.5. The lowest BCUT2D eigenvalue weighted by Gasteiger charge is -2.13. The van der Waals surface area contributed by atoms with Gasteiger partial charge in [0.2, 0.25) is 11.9 Å². The van der Waals surface area contributed by atoms with E-state index in [1.807, 2.05) is 60.7 Å². The highest BCUT2D eigenvalue weighted by molar-refractivity contribution is 7.26. The number of rotatable bonds is 6. The summed E-state index contributed by atoms with van der Waals surface area (Å²) in [5, 5.41) is 6.76. The third-order valence-electron chi connectivity index (χ3n) is 11.9. The van der Waals surface area contributed by atoms with Crippen LogP contribution in [0.4, 0.5) is 0 Å². The van der Waals surface area contributed by atoms with Gasteiger partial charge in [-0.05, 0) is 48.5 Å². The van der Waals surface area contributed by atoms with Crippen molar-refractivity contribution >= 4 is 75.1 Å². The average molecular weight is 825 g/mol. The standard InChI is InChI=1S/C54H32N8S/c1-3-16-33(17-4-1)49-55-50(34-18-5-2-6-19-34)57-51(56-49)35-30-31-46-42(32-35)38-22-9-13-28-45(38)62(46)54-59-52(41-25-15-24-40-39-23-10-14-29-47(39)63-48(40)41)58-53(60-54)61-43-26-11-7-20-36(43)37-21-8-12-27-44(37)61/h1-32H. The summed E-state index contributed by atoms with van der Waals surface area (Å²) in [5.41, 5.74) is 7.65. The van der Waals surface area contributed by atoms with Gasteiger partial charge < -0.3 is 0 Å². The largest absolute Gasteiger partial charge is 0.278 e. The molecule has 0 spiro atoms. The molecular formula is C54H32N8S. The molecule has 0 radical (unpaired) electrons. The van der Waals surface area contributed by atoms with Crippen molar-refractivity contribution in [3.05, 3.63) is 194 Å². The van der Waals surface area contributed by atoms with Crippen LogP contribution in [0.15, 0.2) is 194 Å². The van der Waals surface area contributed by atoms with Gasteiger partial charge in [-0.2, -0.15) is 15.0 Å². The van der Waals surface area contributed by atoms with Crippen molar-refractivity contribution in [3.8, 4) is 57.4 Å². The predicted octanol–water partition coefficient (Wildman–Crippen LogP) is 13.3. The summed E-state index contributed by atoms with van der Waals surface area (Å²) < 4.78 is 6.70. The molecule has 63 heavy (non-hydrogen) atoms. The molecule has 0 aliphatic heterocycles. The van der Waals surface area contributed by atoms with Gasteiger partial charge >= 0.3 is 0 Å². The first kappa shape index (κ1) is 35.4.